The number of phenols is 2. The summed E-state index contributed by atoms with van der Waals surface area (Å²) >= 11 is 6.12. The third-order valence-corrected chi connectivity index (χ3v) is 6.06. The monoisotopic (exact) mass is 444 g/mol. The summed E-state index contributed by atoms with van der Waals surface area (Å²) in [6, 6.07) is 22.2. The fourth-order valence-corrected chi connectivity index (χ4v) is 4.39. The lowest BCUT2D eigenvalue weighted by Gasteiger charge is -2.22. The number of aromatic hydroxyl groups is 2. The second-order valence-corrected chi connectivity index (χ2v) is 8.11. The van der Waals surface area contributed by atoms with Gasteiger partial charge in [0.1, 0.15) is 17.2 Å². The normalized spacial score (nSPS) is 15.4. The third kappa shape index (κ3) is 3.51. The molecule has 0 aromatic heterocycles. The van der Waals surface area contributed by atoms with Gasteiger partial charge in [-0.2, -0.15) is 0 Å². The number of rotatable bonds is 3. The van der Waals surface area contributed by atoms with Crippen LogP contribution >= 0.6 is 11.6 Å². The van der Waals surface area contributed by atoms with Crippen molar-refractivity contribution in [2.45, 2.75) is 12.5 Å². The van der Waals surface area contributed by atoms with Crippen LogP contribution in [-0.2, 0) is 0 Å². The lowest BCUT2D eigenvalue weighted by Crippen LogP contribution is -2.16. The van der Waals surface area contributed by atoms with Crippen molar-refractivity contribution in [3.05, 3.63) is 88.9 Å². The highest BCUT2D eigenvalue weighted by Gasteiger charge is 2.26. The lowest BCUT2D eigenvalue weighted by molar-refractivity contribution is 0.404. The molecule has 1 atom stereocenters. The van der Waals surface area contributed by atoms with Crippen LogP contribution < -0.4 is 10.1 Å². The van der Waals surface area contributed by atoms with E-state index in [0.717, 1.165) is 33.4 Å². The molecule has 0 fully saturated rings. The zero-order valence-corrected chi connectivity index (χ0v) is 18.1. The topological polar surface area (TPSA) is 74.1 Å². The average molecular weight is 445 g/mol. The number of phenolic OH excluding ortho intramolecular Hbond substituents is 2. The molecule has 5 nitrogen and oxygen atoms in total. The highest BCUT2D eigenvalue weighted by atomic mass is 35.5. The van der Waals surface area contributed by atoms with Gasteiger partial charge in [0.05, 0.1) is 35.3 Å². The summed E-state index contributed by atoms with van der Waals surface area (Å²) in [7, 11) is 1.57. The quantitative estimate of drug-likeness (QED) is 0.333. The number of para-hydroxylation sites is 2. The molecule has 0 saturated heterocycles. The minimum absolute atomic E-state index is 0.0201. The van der Waals surface area contributed by atoms with Gasteiger partial charge in [0.2, 0.25) is 0 Å². The molecule has 1 aliphatic rings. The Hall–Kier alpha value is -3.70. The first-order valence-electron chi connectivity index (χ1n) is 10.3. The summed E-state index contributed by atoms with van der Waals surface area (Å²) < 4.78 is 5.57. The maximum absolute atomic E-state index is 10.9. The van der Waals surface area contributed by atoms with Gasteiger partial charge in [0.25, 0.3) is 0 Å². The average Bonchev–Trinajstić information content (AvgIpc) is 3.00. The number of methoxy groups -OCH3 is 1. The summed E-state index contributed by atoms with van der Waals surface area (Å²) in [4.78, 5) is 4.96. The number of fused-ring (bicyclic) bond motifs is 2. The molecule has 160 valence electrons. The maximum Gasteiger partial charge on any atom is 0.134 e. The molecule has 6 heteroatoms. The molecule has 0 saturated carbocycles. The van der Waals surface area contributed by atoms with Crippen molar-refractivity contribution in [2.24, 2.45) is 4.99 Å². The van der Waals surface area contributed by atoms with E-state index < -0.39 is 0 Å². The molecule has 32 heavy (non-hydrogen) atoms. The molecule has 1 heterocycles. The fourth-order valence-electron chi connectivity index (χ4n) is 4.23. The summed E-state index contributed by atoms with van der Waals surface area (Å²) in [6.07, 6.45) is 0.452. The Labute approximate surface area is 190 Å². The van der Waals surface area contributed by atoms with Gasteiger partial charge in [-0.3, -0.25) is 4.99 Å². The van der Waals surface area contributed by atoms with Crippen LogP contribution in [0.25, 0.3) is 10.8 Å². The lowest BCUT2D eigenvalue weighted by atomic mass is 9.93. The minimum Gasteiger partial charge on any atom is -0.507 e. The Kier molecular flexibility index (Phi) is 5.11. The Morgan fingerprint density at radius 1 is 0.969 bits per heavy atom. The van der Waals surface area contributed by atoms with Crippen molar-refractivity contribution >= 4 is 39.5 Å². The predicted molar refractivity (Wildman–Crippen MR) is 129 cm³/mol. The zero-order chi connectivity index (χ0) is 22.2. The van der Waals surface area contributed by atoms with Gasteiger partial charge < -0.3 is 20.3 Å². The number of anilines is 1. The zero-order valence-electron chi connectivity index (χ0n) is 17.3. The van der Waals surface area contributed by atoms with Crippen LogP contribution in [0, 0.1) is 0 Å². The number of hydrogen-bond acceptors (Lipinski definition) is 5. The van der Waals surface area contributed by atoms with Crippen molar-refractivity contribution in [1.29, 1.82) is 0 Å². The van der Waals surface area contributed by atoms with Gasteiger partial charge in [0, 0.05) is 23.6 Å². The van der Waals surface area contributed by atoms with E-state index in [1.807, 2.05) is 54.6 Å². The standard InChI is InChI=1S/C26H21ClN2O3/c1-32-25-13-18(27)24(31)12-17(25)21-14-22(29-20-9-5-4-8-19(20)28-21)26-16-7-3-2-6-15(16)10-11-23(26)30/h2-13,21,28,30-31H,14H2,1H3. The molecule has 5 rings (SSSR count). The number of halogens is 1. The molecule has 0 radical (unpaired) electrons. The number of nitrogens with one attached hydrogen (secondary N) is 1. The van der Waals surface area contributed by atoms with Crippen LogP contribution in [0.3, 0.4) is 0 Å². The minimum atomic E-state index is -0.283. The van der Waals surface area contributed by atoms with E-state index in [9.17, 15) is 10.2 Å². The van der Waals surface area contributed by atoms with Crippen molar-refractivity contribution in [1.82, 2.24) is 0 Å². The first kappa shape index (κ1) is 20.2. The van der Waals surface area contributed by atoms with E-state index in [1.165, 1.54) is 0 Å². The van der Waals surface area contributed by atoms with E-state index in [2.05, 4.69) is 5.32 Å². The molecular weight excluding hydrogens is 424 g/mol. The van der Waals surface area contributed by atoms with E-state index in [-0.39, 0.29) is 22.6 Å². The van der Waals surface area contributed by atoms with E-state index in [4.69, 9.17) is 21.3 Å². The highest BCUT2D eigenvalue weighted by Crippen LogP contribution is 2.42. The van der Waals surface area contributed by atoms with Crippen molar-refractivity contribution < 1.29 is 14.9 Å². The number of aliphatic imine (C=N–C) groups is 1. The van der Waals surface area contributed by atoms with Gasteiger partial charge in [-0.15, -0.1) is 0 Å². The number of benzene rings is 4. The van der Waals surface area contributed by atoms with Crippen LogP contribution in [0.2, 0.25) is 5.02 Å². The van der Waals surface area contributed by atoms with Crippen LogP contribution in [0.4, 0.5) is 11.4 Å². The van der Waals surface area contributed by atoms with Crippen molar-refractivity contribution in [2.75, 3.05) is 12.4 Å². The van der Waals surface area contributed by atoms with Crippen LogP contribution in [0.5, 0.6) is 17.2 Å². The predicted octanol–water partition coefficient (Wildman–Crippen LogP) is 6.59. The summed E-state index contributed by atoms with van der Waals surface area (Å²) in [5.74, 6) is 0.714. The van der Waals surface area contributed by atoms with Gasteiger partial charge in [-0.05, 0) is 35.0 Å². The Balaban J connectivity index is 1.72. The SMILES string of the molecule is COc1cc(Cl)c(O)cc1C1CC(c2c(O)ccc3ccccc23)=Nc2ccccc2N1. The van der Waals surface area contributed by atoms with Crippen LogP contribution in [0.1, 0.15) is 23.6 Å². The summed E-state index contributed by atoms with van der Waals surface area (Å²) in [5, 5.41) is 26.9. The largest absolute Gasteiger partial charge is 0.507 e. The van der Waals surface area contributed by atoms with E-state index in [0.29, 0.717) is 17.7 Å². The Bertz CT molecular complexity index is 1370. The number of nitrogens with zero attached hydrogens (tertiary/aromatic N) is 1. The van der Waals surface area contributed by atoms with E-state index >= 15 is 0 Å². The van der Waals surface area contributed by atoms with Crippen LogP contribution in [-0.4, -0.2) is 23.0 Å². The Morgan fingerprint density at radius 3 is 2.59 bits per heavy atom. The molecule has 3 N–H and O–H groups in total. The second-order valence-electron chi connectivity index (χ2n) is 7.70. The molecule has 0 aliphatic carbocycles. The first-order valence-corrected chi connectivity index (χ1v) is 10.6. The second kappa shape index (κ2) is 8.09. The number of ether oxygens (including phenoxy) is 1. The van der Waals surface area contributed by atoms with Gasteiger partial charge in [-0.1, -0.05) is 54.1 Å². The van der Waals surface area contributed by atoms with Gasteiger partial charge >= 0.3 is 0 Å². The highest BCUT2D eigenvalue weighted by molar-refractivity contribution is 6.32. The molecule has 4 aromatic rings. The van der Waals surface area contributed by atoms with Crippen molar-refractivity contribution in [3.8, 4) is 17.2 Å². The van der Waals surface area contributed by atoms with Crippen LogP contribution in [0.15, 0.2) is 77.8 Å². The van der Waals surface area contributed by atoms with Gasteiger partial charge in [0.15, 0.2) is 0 Å². The smallest absolute Gasteiger partial charge is 0.134 e. The van der Waals surface area contributed by atoms with E-state index in [1.54, 1.807) is 25.3 Å². The summed E-state index contributed by atoms with van der Waals surface area (Å²) in [5.41, 5.74) is 3.80. The number of hydrogen-bond donors (Lipinski definition) is 3. The molecule has 1 aliphatic heterocycles. The van der Waals surface area contributed by atoms with Crippen molar-refractivity contribution in [3.63, 3.8) is 0 Å². The maximum atomic E-state index is 10.9. The Morgan fingerprint density at radius 2 is 1.75 bits per heavy atom. The summed E-state index contributed by atoms with van der Waals surface area (Å²) in [6.45, 7) is 0. The molecule has 0 spiro atoms. The fraction of sp³-hybridized carbons (Fsp3) is 0.115. The third-order valence-electron chi connectivity index (χ3n) is 5.76. The molecular formula is C26H21ClN2O3. The van der Waals surface area contributed by atoms with Gasteiger partial charge in [-0.25, -0.2) is 0 Å². The molecule has 0 amide bonds. The molecule has 0 bridgehead atoms. The molecule has 4 aromatic carbocycles. The molecule has 1 unspecified atom stereocenters. The first-order chi connectivity index (χ1) is 15.5.